The molecule has 1 aliphatic rings. The number of rotatable bonds is 4. The maximum atomic E-state index is 8.83. The third-order valence-corrected chi connectivity index (χ3v) is 3.52. The highest BCUT2D eigenvalue weighted by Gasteiger charge is 2.20. The molecule has 1 unspecified atom stereocenters. The Balaban J connectivity index is 1.88. The molecule has 2 rings (SSSR count). The summed E-state index contributed by atoms with van der Waals surface area (Å²) >= 11 is 0. The second-order valence-electron chi connectivity index (χ2n) is 4.78. The number of nitrogen functional groups attached to an aromatic ring is 1. The molecular weight excluding hydrogens is 226 g/mol. The summed E-state index contributed by atoms with van der Waals surface area (Å²) < 4.78 is 5.69. The molecular formula is C14H19N3O. The summed E-state index contributed by atoms with van der Waals surface area (Å²) in [6.45, 7) is 1.82. The third-order valence-electron chi connectivity index (χ3n) is 3.52. The molecule has 1 aromatic rings. The molecule has 0 spiro atoms. The Morgan fingerprint density at radius 1 is 1.56 bits per heavy atom. The van der Waals surface area contributed by atoms with Gasteiger partial charge >= 0.3 is 0 Å². The van der Waals surface area contributed by atoms with Gasteiger partial charge in [-0.1, -0.05) is 0 Å². The van der Waals surface area contributed by atoms with E-state index in [2.05, 4.69) is 18.0 Å². The van der Waals surface area contributed by atoms with Gasteiger partial charge in [0.25, 0.3) is 0 Å². The number of anilines is 1. The van der Waals surface area contributed by atoms with Crippen LogP contribution in [0, 0.1) is 11.3 Å². The van der Waals surface area contributed by atoms with Gasteiger partial charge < -0.3 is 15.4 Å². The molecule has 2 N–H and O–H groups in total. The molecule has 4 nitrogen and oxygen atoms in total. The molecule has 18 heavy (non-hydrogen) atoms. The topological polar surface area (TPSA) is 62.3 Å². The maximum absolute atomic E-state index is 8.83. The molecule has 0 saturated carbocycles. The van der Waals surface area contributed by atoms with Crippen LogP contribution in [-0.4, -0.2) is 31.1 Å². The van der Waals surface area contributed by atoms with Gasteiger partial charge in [-0.3, -0.25) is 0 Å². The Morgan fingerprint density at radius 2 is 2.39 bits per heavy atom. The van der Waals surface area contributed by atoms with Crippen LogP contribution < -0.4 is 10.5 Å². The van der Waals surface area contributed by atoms with Crippen molar-refractivity contribution in [1.82, 2.24) is 4.90 Å². The number of nitriles is 1. The van der Waals surface area contributed by atoms with Crippen molar-refractivity contribution in [1.29, 1.82) is 5.26 Å². The molecule has 0 aromatic heterocycles. The first-order valence-corrected chi connectivity index (χ1v) is 6.33. The number of hydrogen-bond acceptors (Lipinski definition) is 4. The van der Waals surface area contributed by atoms with E-state index in [-0.39, 0.29) is 0 Å². The van der Waals surface area contributed by atoms with Crippen molar-refractivity contribution in [3.63, 3.8) is 0 Å². The van der Waals surface area contributed by atoms with Crippen molar-refractivity contribution in [2.45, 2.75) is 25.3 Å². The number of nitrogens with zero attached hydrogens (tertiary/aromatic N) is 2. The zero-order valence-corrected chi connectivity index (χ0v) is 10.7. The Morgan fingerprint density at radius 3 is 3.06 bits per heavy atom. The summed E-state index contributed by atoms with van der Waals surface area (Å²) in [5.74, 6) is 0.620. The van der Waals surface area contributed by atoms with Gasteiger partial charge in [-0.05, 0) is 45.0 Å². The van der Waals surface area contributed by atoms with Gasteiger partial charge in [0.15, 0.2) is 0 Å². The number of likely N-dealkylation sites (tertiary alicyclic amines) is 1. The fourth-order valence-corrected chi connectivity index (χ4v) is 2.38. The van der Waals surface area contributed by atoms with Gasteiger partial charge in [-0.25, -0.2) is 0 Å². The van der Waals surface area contributed by atoms with Crippen LogP contribution in [-0.2, 0) is 0 Å². The first kappa shape index (κ1) is 12.7. The van der Waals surface area contributed by atoms with Gasteiger partial charge in [-0.15, -0.1) is 0 Å². The quantitative estimate of drug-likeness (QED) is 0.824. The fraction of sp³-hybridized carbons (Fsp3) is 0.500. The minimum atomic E-state index is 0.581. The van der Waals surface area contributed by atoms with Crippen molar-refractivity contribution in [3.05, 3.63) is 23.8 Å². The van der Waals surface area contributed by atoms with E-state index in [0.717, 1.165) is 6.42 Å². The first-order chi connectivity index (χ1) is 8.70. The Bertz CT molecular complexity index is 453. The largest absolute Gasteiger partial charge is 0.491 e. The Kier molecular flexibility index (Phi) is 4.06. The first-order valence-electron chi connectivity index (χ1n) is 6.33. The van der Waals surface area contributed by atoms with Gasteiger partial charge in [0.1, 0.15) is 5.75 Å². The van der Waals surface area contributed by atoms with Crippen molar-refractivity contribution in [2.24, 2.45) is 0 Å². The summed E-state index contributed by atoms with van der Waals surface area (Å²) in [5, 5.41) is 8.83. The second-order valence-corrected chi connectivity index (χ2v) is 4.78. The minimum Gasteiger partial charge on any atom is -0.491 e. The summed E-state index contributed by atoms with van der Waals surface area (Å²) in [5.41, 5.74) is 6.99. The van der Waals surface area contributed by atoms with E-state index < -0.39 is 0 Å². The van der Waals surface area contributed by atoms with Crippen LogP contribution in [0.15, 0.2) is 18.2 Å². The van der Waals surface area contributed by atoms with E-state index in [9.17, 15) is 0 Å². The molecule has 1 aliphatic heterocycles. The minimum absolute atomic E-state index is 0.581. The number of benzene rings is 1. The molecule has 1 fully saturated rings. The molecule has 4 heteroatoms. The van der Waals surface area contributed by atoms with Crippen molar-refractivity contribution >= 4 is 5.69 Å². The van der Waals surface area contributed by atoms with E-state index in [4.69, 9.17) is 15.7 Å². The predicted molar refractivity (Wildman–Crippen MR) is 71.3 cm³/mol. The third kappa shape index (κ3) is 2.93. The Labute approximate surface area is 108 Å². The summed E-state index contributed by atoms with van der Waals surface area (Å²) in [7, 11) is 2.16. The normalized spacial score (nSPS) is 19.7. The van der Waals surface area contributed by atoms with Gasteiger partial charge in [0, 0.05) is 12.1 Å². The van der Waals surface area contributed by atoms with Gasteiger partial charge in [0.05, 0.1) is 23.9 Å². The van der Waals surface area contributed by atoms with E-state index in [1.807, 2.05) is 0 Å². The van der Waals surface area contributed by atoms with Gasteiger partial charge in [-0.2, -0.15) is 5.26 Å². The lowest BCUT2D eigenvalue weighted by Crippen LogP contribution is -2.26. The molecule has 1 aromatic carbocycles. The zero-order chi connectivity index (χ0) is 13.0. The highest BCUT2D eigenvalue weighted by atomic mass is 16.5. The Hall–Kier alpha value is -1.73. The summed E-state index contributed by atoms with van der Waals surface area (Å²) in [6.07, 6.45) is 3.52. The van der Waals surface area contributed by atoms with Crippen LogP contribution in [0.4, 0.5) is 5.69 Å². The lowest BCUT2D eigenvalue weighted by Gasteiger charge is -2.19. The highest BCUT2D eigenvalue weighted by molar-refractivity contribution is 5.55. The molecule has 0 aliphatic carbocycles. The van der Waals surface area contributed by atoms with Crippen LogP contribution in [0.5, 0.6) is 5.75 Å². The van der Waals surface area contributed by atoms with Crippen LogP contribution in [0.3, 0.4) is 0 Å². The SMILES string of the molecule is CN1CCCC1CCOc1cc(C#N)ccc1N. The molecule has 0 bridgehead atoms. The van der Waals surface area contributed by atoms with E-state index >= 15 is 0 Å². The molecule has 1 saturated heterocycles. The molecule has 0 radical (unpaired) electrons. The van der Waals surface area contributed by atoms with E-state index in [1.54, 1.807) is 18.2 Å². The monoisotopic (exact) mass is 245 g/mol. The second kappa shape index (κ2) is 5.74. The molecule has 0 amide bonds. The van der Waals surface area contributed by atoms with Crippen molar-refractivity contribution in [3.8, 4) is 11.8 Å². The van der Waals surface area contributed by atoms with Gasteiger partial charge in [0.2, 0.25) is 0 Å². The van der Waals surface area contributed by atoms with Crippen LogP contribution in [0.1, 0.15) is 24.8 Å². The molecule has 1 atom stereocenters. The average Bonchev–Trinajstić information content (AvgIpc) is 2.77. The number of ether oxygens (including phenoxy) is 1. The average molecular weight is 245 g/mol. The highest BCUT2D eigenvalue weighted by Crippen LogP contribution is 2.24. The smallest absolute Gasteiger partial charge is 0.143 e. The van der Waals surface area contributed by atoms with E-state index in [0.29, 0.717) is 29.6 Å². The van der Waals surface area contributed by atoms with Crippen molar-refractivity contribution < 1.29 is 4.74 Å². The standard InChI is InChI=1S/C14H19N3O/c1-17-7-2-3-12(17)6-8-18-14-9-11(10-15)4-5-13(14)16/h4-5,9,12H,2-3,6-8,16H2,1H3. The molecule has 1 heterocycles. The number of hydrogen-bond donors (Lipinski definition) is 1. The lowest BCUT2D eigenvalue weighted by atomic mass is 10.1. The van der Waals surface area contributed by atoms with E-state index in [1.165, 1.54) is 19.4 Å². The van der Waals surface area contributed by atoms with Crippen LogP contribution in [0.2, 0.25) is 0 Å². The number of nitrogens with two attached hydrogens (primary N) is 1. The van der Waals surface area contributed by atoms with Crippen LogP contribution >= 0.6 is 0 Å². The zero-order valence-electron chi connectivity index (χ0n) is 10.7. The molecule has 96 valence electrons. The maximum Gasteiger partial charge on any atom is 0.143 e. The van der Waals surface area contributed by atoms with Crippen molar-refractivity contribution in [2.75, 3.05) is 25.9 Å². The summed E-state index contributed by atoms with van der Waals surface area (Å²) in [6, 6.07) is 7.83. The fourth-order valence-electron chi connectivity index (χ4n) is 2.38. The summed E-state index contributed by atoms with van der Waals surface area (Å²) in [4.78, 5) is 2.37. The van der Waals surface area contributed by atoms with Crippen LogP contribution in [0.25, 0.3) is 0 Å². The predicted octanol–water partition coefficient (Wildman–Crippen LogP) is 2.00. The lowest BCUT2D eigenvalue weighted by molar-refractivity contribution is 0.234.